The van der Waals surface area contributed by atoms with E-state index in [1.54, 1.807) is 24.9 Å². The van der Waals surface area contributed by atoms with Gasteiger partial charge >= 0.3 is 0 Å². The fraction of sp³-hybridized carbons (Fsp3) is 0.100. The molecule has 0 unspecified atom stereocenters. The molecule has 144 valence electrons. The van der Waals surface area contributed by atoms with Crippen LogP contribution in [0.15, 0.2) is 55.0 Å². The number of hydrogen-bond acceptors (Lipinski definition) is 7. The number of aromatic nitrogens is 6. The van der Waals surface area contributed by atoms with E-state index in [2.05, 4.69) is 25.6 Å². The lowest BCUT2D eigenvalue weighted by Gasteiger charge is -2.12. The first-order chi connectivity index (χ1) is 14.2. The highest BCUT2D eigenvalue weighted by molar-refractivity contribution is 5.82. The van der Waals surface area contributed by atoms with Crippen molar-refractivity contribution in [3.8, 4) is 22.8 Å². The summed E-state index contributed by atoms with van der Waals surface area (Å²) >= 11 is 0. The molecule has 29 heavy (non-hydrogen) atoms. The van der Waals surface area contributed by atoms with Crippen molar-refractivity contribution < 1.29 is 9.47 Å². The Morgan fingerprint density at radius 2 is 1.90 bits per heavy atom. The molecule has 0 radical (unpaired) electrons. The van der Waals surface area contributed by atoms with Gasteiger partial charge in [0.1, 0.15) is 6.33 Å². The summed E-state index contributed by atoms with van der Waals surface area (Å²) in [5.74, 6) is 1.84. The number of ether oxygens (including phenoxy) is 2. The number of fused-ring (bicyclic) bond motifs is 2. The lowest BCUT2D eigenvalue weighted by atomic mass is 10.1. The monoisotopic (exact) mass is 387 g/mol. The maximum Gasteiger partial charge on any atom is 0.231 e. The van der Waals surface area contributed by atoms with Crippen LogP contribution in [0.1, 0.15) is 0 Å². The first kappa shape index (κ1) is 17.0. The molecular weight excluding hydrogens is 370 g/mol. The van der Waals surface area contributed by atoms with Crippen molar-refractivity contribution in [1.29, 1.82) is 0 Å². The maximum atomic E-state index is 5.42. The number of nitrogens with one attached hydrogen (secondary N) is 2. The van der Waals surface area contributed by atoms with Gasteiger partial charge in [0.05, 0.1) is 31.6 Å². The van der Waals surface area contributed by atoms with E-state index in [1.807, 2.05) is 42.5 Å². The lowest BCUT2D eigenvalue weighted by Crippen LogP contribution is -2.04. The van der Waals surface area contributed by atoms with Crippen LogP contribution in [0.25, 0.3) is 27.8 Å². The Kier molecular flexibility index (Phi) is 3.98. The Morgan fingerprint density at radius 1 is 1.00 bits per heavy atom. The summed E-state index contributed by atoms with van der Waals surface area (Å²) in [6, 6.07) is 13.4. The molecular formula is C20H17N7O2. The Balaban J connectivity index is 1.59. The van der Waals surface area contributed by atoms with Crippen molar-refractivity contribution in [2.75, 3.05) is 19.5 Å². The predicted molar refractivity (Wildman–Crippen MR) is 109 cm³/mol. The van der Waals surface area contributed by atoms with Gasteiger partial charge in [-0.05, 0) is 36.4 Å². The number of anilines is 2. The molecule has 3 heterocycles. The summed E-state index contributed by atoms with van der Waals surface area (Å²) < 4.78 is 12.4. The lowest BCUT2D eigenvalue weighted by molar-refractivity contribution is 0.355. The molecule has 0 aliphatic carbocycles. The van der Waals surface area contributed by atoms with E-state index in [0.29, 0.717) is 23.1 Å². The van der Waals surface area contributed by atoms with Crippen LogP contribution >= 0.6 is 0 Å². The van der Waals surface area contributed by atoms with Crippen LogP contribution in [0.2, 0.25) is 0 Å². The van der Waals surface area contributed by atoms with E-state index in [1.165, 1.54) is 6.33 Å². The molecule has 0 saturated heterocycles. The Hall–Kier alpha value is -4.14. The molecule has 0 bridgehead atoms. The largest absolute Gasteiger partial charge is 0.493 e. The number of aromatic amines is 1. The van der Waals surface area contributed by atoms with Crippen molar-refractivity contribution in [1.82, 2.24) is 29.8 Å². The third-order valence-corrected chi connectivity index (χ3v) is 4.64. The summed E-state index contributed by atoms with van der Waals surface area (Å²) in [5, 5.41) is 15.7. The second-order valence-corrected chi connectivity index (χ2v) is 6.36. The highest BCUT2D eigenvalue weighted by Crippen LogP contribution is 2.32. The van der Waals surface area contributed by atoms with E-state index >= 15 is 0 Å². The molecule has 2 aromatic carbocycles. The molecule has 0 fully saturated rings. The third kappa shape index (κ3) is 2.98. The zero-order valence-corrected chi connectivity index (χ0v) is 15.7. The average molecular weight is 387 g/mol. The first-order valence-electron chi connectivity index (χ1n) is 8.88. The van der Waals surface area contributed by atoms with Crippen molar-refractivity contribution in [3.05, 3.63) is 55.0 Å². The SMILES string of the molecule is COc1ccc(-c2cc3ncnn3c(Nc3ccc4cn[nH]c4c3)n2)cc1OC. The highest BCUT2D eigenvalue weighted by Gasteiger charge is 2.13. The average Bonchev–Trinajstić information content (AvgIpc) is 3.42. The number of methoxy groups -OCH3 is 2. The van der Waals surface area contributed by atoms with Gasteiger partial charge in [-0.25, -0.2) is 9.97 Å². The number of hydrogen-bond donors (Lipinski definition) is 2. The van der Waals surface area contributed by atoms with Gasteiger partial charge in [0.15, 0.2) is 17.1 Å². The Morgan fingerprint density at radius 3 is 2.76 bits per heavy atom. The number of nitrogens with zero attached hydrogens (tertiary/aromatic N) is 5. The van der Waals surface area contributed by atoms with Gasteiger partial charge < -0.3 is 14.8 Å². The topological polar surface area (TPSA) is 102 Å². The molecule has 0 amide bonds. The molecule has 9 heteroatoms. The number of H-pyrrole nitrogens is 1. The van der Waals surface area contributed by atoms with Gasteiger partial charge in [0.2, 0.25) is 5.95 Å². The quantitative estimate of drug-likeness (QED) is 0.476. The second-order valence-electron chi connectivity index (χ2n) is 6.36. The summed E-state index contributed by atoms with van der Waals surface area (Å²) in [6.07, 6.45) is 3.28. The molecule has 5 aromatic rings. The smallest absolute Gasteiger partial charge is 0.231 e. The van der Waals surface area contributed by atoms with Crippen LogP contribution in [-0.4, -0.2) is 44.0 Å². The molecule has 0 saturated carbocycles. The standard InChI is InChI=1S/C20H17N7O2/c1-28-17-6-4-12(7-18(17)29-2)15-9-19-21-11-23-27(19)20(25-15)24-14-5-3-13-10-22-26-16(13)8-14/h3-11H,1-2H3,(H,22,26)(H,24,25). The summed E-state index contributed by atoms with van der Waals surface area (Å²) in [4.78, 5) is 9.09. The van der Waals surface area contributed by atoms with Gasteiger partial charge in [-0.3, -0.25) is 5.10 Å². The van der Waals surface area contributed by atoms with Gasteiger partial charge in [0, 0.05) is 22.7 Å². The van der Waals surface area contributed by atoms with Crippen LogP contribution in [0, 0.1) is 0 Å². The van der Waals surface area contributed by atoms with Crippen LogP contribution in [0.3, 0.4) is 0 Å². The minimum absolute atomic E-state index is 0.545. The fourth-order valence-electron chi connectivity index (χ4n) is 3.20. The molecule has 0 aliphatic heterocycles. The van der Waals surface area contributed by atoms with E-state index < -0.39 is 0 Å². The summed E-state index contributed by atoms with van der Waals surface area (Å²) in [7, 11) is 3.21. The van der Waals surface area contributed by atoms with E-state index in [4.69, 9.17) is 14.5 Å². The van der Waals surface area contributed by atoms with Crippen LogP contribution in [0.5, 0.6) is 11.5 Å². The van der Waals surface area contributed by atoms with E-state index in [9.17, 15) is 0 Å². The maximum absolute atomic E-state index is 5.42. The van der Waals surface area contributed by atoms with Gasteiger partial charge in [-0.1, -0.05) is 0 Å². The zero-order valence-electron chi connectivity index (χ0n) is 15.7. The molecule has 0 atom stereocenters. The minimum atomic E-state index is 0.545. The molecule has 0 spiro atoms. The number of rotatable bonds is 5. The molecule has 9 nitrogen and oxygen atoms in total. The molecule has 2 N–H and O–H groups in total. The van der Waals surface area contributed by atoms with Gasteiger partial charge in [0.25, 0.3) is 0 Å². The summed E-state index contributed by atoms with van der Waals surface area (Å²) in [6.45, 7) is 0. The number of benzene rings is 2. The zero-order chi connectivity index (χ0) is 19.8. The first-order valence-corrected chi connectivity index (χ1v) is 8.88. The minimum Gasteiger partial charge on any atom is -0.493 e. The molecule has 0 aliphatic rings. The van der Waals surface area contributed by atoms with Crippen molar-refractivity contribution in [3.63, 3.8) is 0 Å². The fourth-order valence-corrected chi connectivity index (χ4v) is 3.20. The Bertz CT molecular complexity index is 1330. The second kappa shape index (κ2) is 6.79. The Labute approximate surface area is 165 Å². The van der Waals surface area contributed by atoms with Crippen LogP contribution in [-0.2, 0) is 0 Å². The van der Waals surface area contributed by atoms with Crippen molar-refractivity contribution in [2.24, 2.45) is 0 Å². The normalized spacial score (nSPS) is 11.1. The molecule has 5 rings (SSSR count). The van der Waals surface area contributed by atoms with Crippen molar-refractivity contribution >= 4 is 28.2 Å². The molecule has 3 aromatic heterocycles. The van der Waals surface area contributed by atoms with Crippen LogP contribution in [0.4, 0.5) is 11.6 Å². The highest BCUT2D eigenvalue weighted by atomic mass is 16.5. The third-order valence-electron chi connectivity index (χ3n) is 4.64. The van der Waals surface area contributed by atoms with E-state index in [-0.39, 0.29) is 0 Å². The van der Waals surface area contributed by atoms with Crippen molar-refractivity contribution in [2.45, 2.75) is 0 Å². The summed E-state index contributed by atoms with van der Waals surface area (Å²) in [5.41, 5.74) is 4.07. The van der Waals surface area contributed by atoms with E-state index in [0.717, 1.165) is 27.8 Å². The van der Waals surface area contributed by atoms with Crippen LogP contribution < -0.4 is 14.8 Å². The van der Waals surface area contributed by atoms with Gasteiger partial charge in [-0.15, -0.1) is 0 Å². The predicted octanol–water partition coefficient (Wildman–Crippen LogP) is 3.43. The van der Waals surface area contributed by atoms with Gasteiger partial charge in [-0.2, -0.15) is 14.7 Å².